The van der Waals surface area contributed by atoms with Crippen molar-refractivity contribution >= 4 is 16.8 Å². The summed E-state index contributed by atoms with van der Waals surface area (Å²) in [6.07, 6.45) is 2.46. The largest absolute Gasteiger partial charge is 0.490 e. The first-order valence-corrected chi connectivity index (χ1v) is 9.85. The molecule has 0 aliphatic rings. The van der Waals surface area contributed by atoms with Crippen molar-refractivity contribution in [3.8, 4) is 11.5 Å². The summed E-state index contributed by atoms with van der Waals surface area (Å²) in [5.74, 6) is 1.46. The Morgan fingerprint density at radius 3 is 2.57 bits per heavy atom. The molecule has 1 aromatic heterocycles. The van der Waals surface area contributed by atoms with Gasteiger partial charge in [-0.05, 0) is 56.0 Å². The van der Waals surface area contributed by atoms with Gasteiger partial charge in [-0.1, -0.05) is 24.3 Å². The summed E-state index contributed by atoms with van der Waals surface area (Å²) in [4.78, 5) is 12.5. The van der Waals surface area contributed by atoms with E-state index in [2.05, 4.69) is 28.1 Å². The van der Waals surface area contributed by atoms with Crippen molar-refractivity contribution in [1.29, 1.82) is 0 Å². The van der Waals surface area contributed by atoms with Crippen LogP contribution in [-0.4, -0.2) is 23.7 Å². The lowest BCUT2D eigenvalue weighted by atomic mass is 10.1. The summed E-state index contributed by atoms with van der Waals surface area (Å²) in [6, 6.07) is 16.0. The molecule has 3 aromatic rings. The molecule has 1 amide bonds. The van der Waals surface area contributed by atoms with E-state index in [0.717, 1.165) is 16.8 Å². The van der Waals surface area contributed by atoms with Crippen molar-refractivity contribution in [3.05, 3.63) is 60.3 Å². The van der Waals surface area contributed by atoms with Crippen molar-refractivity contribution in [2.45, 2.75) is 39.8 Å². The molecule has 3 rings (SSSR count). The van der Waals surface area contributed by atoms with Crippen LogP contribution < -0.4 is 14.8 Å². The molecule has 0 aliphatic carbocycles. The second-order valence-corrected chi connectivity index (χ2v) is 6.68. The summed E-state index contributed by atoms with van der Waals surface area (Å²) in [5.41, 5.74) is 2.14. The Balaban J connectivity index is 1.61. The van der Waals surface area contributed by atoms with Crippen LogP contribution in [0.1, 0.15) is 38.8 Å². The highest BCUT2D eigenvalue weighted by molar-refractivity contribution is 5.80. The molecule has 0 spiro atoms. The molecule has 0 fully saturated rings. The number of hydrogen-bond donors (Lipinski definition) is 1. The average molecular weight is 380 g/mol. The lowest BCUT2D eigenvalue weighted by Crippen LogP contribution is -2.27. The van der Waals surface area contributed by atoms with Gasteiger partial charge in [-0.25, -0.2) is 0 Å². The molecule has 0 saturated carbocycles. The molecule has 1 heterocycles. The first-order chi connectivity index (χ1) is 13.6. The third kappa shape index (κ3) is 4.66. The number of aromatic nitrogens is 1. The minimum absolute atomic E-state index is 0.0251. The number of aryl methyl sites for hydroxylation is 1. The van der Waals surface area contributed by atoms with Gasteiger partial charge in [0.05, 0.1) is 19.3 Å². The number of benzene rings is 2. The van der Waals surface area contributed by atoms with Crippen LogP contribution in [-0.2, 0) is 11.3 Å². The fourth-order valence-corrected chi connectivity index (χ4v) is 3.29. The van der Waals surface area contributed by atoms with Crippen molar-refractivity contribution in [2.75, 3.05) is 13.2 Å². The Hall–Kier alpha value is -2.95. The number of amides is 1. The zero-order valence-electron chi connectivity index (χ0n) is 16.8. The maximum atomic E-state index is 12.5. The van der Waals surface area contributed by atoms with Crippen LogP contribution in [0.25, 0.3) is 10.9 Å². The summed E-state index contributed by atoms with van der Waals surface area (Å²) in [7, 11) is 0. The average Bonchev–Trinajstić information content (AvgIpc) is 3.11. The molecule has 1 N–H and O–H groups in total. The number of carbonyl (C=O) groups is 1. The highest BCUT2D eigenvalue weighted by Gasteiger charge is 2.13. The first kappa shape index (κ1) is 19.8. The fourth-order valence-electron chi connectivity index (χ4n) is 3.29. The van der Waals surface area contributed by atoms with E-state index in [4.69, 9.17) is 9.47 Å². The van der Waals surface area contributed by atoms with Gasteiger partial charge >= 0.3 is 0 Å². The van der Waals surface area contributed by atoms with Gasteiger partial charge in [0.15, 0.2) is 11.5 Å². The predicted octanol–water partition coefficient (Wildman–Crippen LogP) is 4.71. The van der Waals surface area contributed by atoms with Crippen molar-refractivity contribution < 1.29 is 14.3 Å². The number of fused-ring (bicyclic) bond motifs is 1. The maximum absolute atomic E-state index is 12.5. The van der Waals surface area contributed by atoms with Crippen LogP contribution >= 0.6 is 0 Å². The Morgan fingerprint density at radius 2 is 1.79 bits per heavy atom. The SMILES string of the molecule is CCOc1ccc(C(C)NC(=O)CCn2ccc3ccccc32)cc1OCC. The highest BCUT2D eigenvalue weighted by atomic mass is 16.5. The van der Waals surface area contributed by atoms with Gasteiger partial charge in [-0.3, -0.25) is 4.79 Å². The Bertz CT molecular complexity index is 932. The molecule has 1 atom stereocenters. The van der Waals surface area contributed by atoms with Crippen LogP contribution in [0.3, 0.4) is 0 Å². The molecule has 0 bridgehead atoms. The summed E-state index contributed by atoms with van der Waals surface area (Å²) >= 11 is 0. The third-order valence-electron chi connectivity index (χ3n) is 4.70. The van der Waals surface area contributed by atoms with E-state index in [1.165, 1.54) is 5.39 Å². The smallest absolute Gasteiger partial charge is 0.222 e. The lowest BCUT2D eigenvalue weighted by Gasteiger charge is -2.18. The van der Waals surface area contributed by atoms with E-state index in [9.17, 15) is 4.79 Å². The van der Waals surface area contributed by atoms with E-state index in [1.807, 2.05) is 57.3 Å². The van der Waals surface area contributed by atoms with Gasteiger partial charge in [0, 0.05) is 24.7 Å². The van der Waals surface area contributed by atoms with Gasteiger partial charge in [0.2, 0.25) is 5.91 Å². The van der Waals surface area contributed by atoms with E-state index < -0.39 is 0 Å². The van der Waals surface area contributed by atoms with Crippen molar-refractivity contribution in [2.24, 2.45) is 0 Å². The molecule has 0 radical (unpaired) electrons. The van der Waals surface area contributed by atoms with E-state index >= 15 is 0 Å². The van der Waals surface area contributed by atoms with E-state index in [-0.39, 0.29) is 11.9 Å². The monoisotopic (exact) mass is 380 g/mol. The van der Waals surface area contributed by atoms with Gasteiger partial charge in [0.1, 0.15) is 0 Å². The fraction of sp³-hybridized carbons (Fsp3) is 0.348. The number of nitrogens with one attached hydrogen (secondary N) is 1. The number of carbonyl (C=O) groups excluding carboxylic acids is 1. The molecule has 148 valence electrons. The molecule has 0 saturated heterocycles. The van der Waals surface area contributed by atoms with Crippen LogP contribution in [0, 0.1) is 0 Å². The quantitative estimate of drug-likeness (QED) is 0.585. The standard InChI is InChI=1S/C23H28N2O3/c1-4-27-21-11-10-19(16-22(21)28-5-2)17(3)24-23(26)13-15-25-14-12-18-8-6-7-9-20(18)25/h6-12,14,16-17H,4-5,13,15H2,1-3H3,(H,24,26). The topological polar surface area (TPSA) is 52.5 Å². The molecule has 0 aliphatic heterocycles. The second-order valence-electron chi connectivity index (χ2n) is 6.68. The van der Waals surface area contributed by atoms with Crippen molar-refractivity contribution in [3.63, 3.8) is 0 Å². The zero-order valence-corrected chi connectivity index (χ0v) is 16.8. The Kier molecular flexibility index (Phi) is 6.58. The number of nitrogens with zero attached hydrogens (tertiary/aromatic N) is 1. The molecule has 2 aromatic carbocycles. The predicted molar refractivity (Wildman–Crippen MR) is 112 cm³/mol. The number of ether oxygens (including phenoxy) is 2. The lowest BCUT2D eigenvalue weighted by molar-refractivity contribution is -0.121. The highest BCUT2D eigenvalue weighted by Crippen LogP contribution is 2.30. The molecule has 1 unspecified atom stereocenters. The summed E-state index contributed by atoms with van der Waals surface area (Å²) in [5, 5.41) is 4.27. The summed E-state index contributed by atoms with van der Waals surface area (Å²) in [6.45, 7) is 7.67. The van der Waals surface area contributed by atoms with Crippen LogP contribution in [0.4, 0.5) is 0 Å². The normalized spacial score (nSPS) is 12.0. The summed E-state index contributed by atoms with van der Waals surface area (Å²) < 4.78 is 13.4. The number of hydrogen-bond acceptors (Lipinski definition) is 3. The minimum atomic E-state index is -0.108. The van der Waals surface area contributed by atoms with Crippen molar-refractivity contribution in [1.82, 2.24) is 9.88 Å². The molecule has 28 heavy (non-hydrogen) atoms. The maximum Gasteiger partial charge on any atom is 0.222 e. The van der Waals surface area contributed by atoms with E-state index in [1.54, 1.807) is 0 Å². The van der Waals surface area contributed by atoms with Gasteiger partial charge in [-0.2, -0.15) is 0 Å². The second kappa shape index (κ2) is 9.31. The van der Waals surface area contributed by atoms with Gasteiger partial charge in [-0.15, -0.1) is 0 Å². The molecule has 5 heteroatoms. The van der Waals surface area contributed by atoms with Gasteiger partial charge in [0.25, 0.3) is 0 Å². The van der Waals surface area contributed by atoms with Gasteiger partial charge < -0.3 is 19.4 Å². The Labute approximate surface area is 166 Å². The third-order valence-corrected chi connectivity index (χ3v) is 4.70. The van der Waals surface area contributed by atoms with Crippen LogP contribution in [0.15, 0.2) is 54.7 Å². The number of rotatable bonds is 9. The Morgan fingerprint density at radius 1 is 1.04 bits per heavy atom. The van der Waals surface area contributed by atoms with Crippen LogP contribution in [0.2, 0.25) is 0 Å². The minimum Gasteiger partial charge on any atom is -0.490 e. The molecule has 5 nitrogen and oxygen atoms in total. The van der Waals surface area contributed by atoms with E-state index in [0.29, 0.717) is 31.9 Å². The van der Waals surface area contributed by atoms with Crippen LogP contribution in [0.5, 0.6) is 11.5 Å². The molecular weight excluding hydrogens is 352 g/mol. The zero-order chi connectivity index (χ0) is 19.9. The first-order valence-electron chi connectivity index (χ1n) is 9.85. The number of para-hydroxylation sites is 1. The molecular formula is C23H28N2O3.